The molecule has 0 aliphatic rings. The van der Waals surface area contributed by atoms with Crippen molar-refractivity contribution in [1.82, 2.24) is 0 Å². The maximum absolute atomic E-state index is 14.0. The van der Waals surface area contributed by atoms with Crippen molar-refractivity contribution in [2.75, 3.05) is 7.11 Å². The van der Waals surface area contributed by atoms with Crippen LogP contribution in [0.25, 0.3) is 0 Å². The molecule has 0 unspecified atom stereocenters. The van der Waals surface area contributed by atoms with Crippen molar-refractivity contribution in [2.24, 2.45) is 0 Å². The number of ether oxygens (including phenoxy) is 2. The van der Waals surface area contributed by atoms with Crippen molar-refractivity contribution in [3.63, 3.8) is 0 Å². The molecule has 2 aromatic rings. The van der Waals surface area contributed by atoms with E-state index in [1.807, 2.05) is 0 Å². The molecule has 0 spiro atoms. The SMILES string of the molecule is COC(=O)CCc1ccc(Oc2ccc(Br)c(F)c2)c(F)c1. The van der Waals surface area contributed by atoms with Crippen molar-refractivity contribution >= 4 is 21.9 Å². The smallest absolute Gasteiger partial charge is 0.305 e. The highest BCUT2D eigenvalue weighted by molar-refractivity contribution is 9.10. The van der Waals surface area contributed by atoms with E-state index in [1.54, 1.807) is 6.07 Å². The van der Waals surface area contributed by atoms with E-state index in [2.05, 4.69) is 20.7 Å². The Morgan fingerprint density at radius 2 is 1.91 bits per heavy atom. The van der Waals surface area contributed by atoms with Gasteiger partial charge in [-0.1, -0.05) is 6.07 Å². The molecule has 0 N–H and O–H groups in total. The zero-order valence-electron chi connectivity index (χ0n) is 11.7. The number of methoxy groups -OCH3 is 1. The molecule has 0 radical (unpaired) electrons. The number of rotatable bonds is 5. The second-order valence-corrected chi connectivity index (χ2v) is 5.37. The van der Waals surface area contributed by atoms with Gasteiger partial charge < -0.3 is 9.47 Å². The summed E-state index contributed by atoms with van der Waals surface area (Å²) in [7, 11) is 1.30. The first-order valence-electron chi connectivity index (χ1n) is 6.47. The van der Waals surface area contributed by atoms with Gasteiger partial charge in [0.25, 0.3) is 0 Å². The third-order valence-electron chi connectivity index (χ3n) is 2.96. The summed E-state index contributed by atoms with van der Waals surface area (Å²) in [5.74, 6) is -1.24. The molecule has 0 saturated carbocycles. The second-order valence-electron chi connectivity index (χ2n) is 4.52. The van der Waals surface area contributed by atoms with E-state index in [0.717, 1.165) is 6.07 Å². The van der Waals surface area contributed by atoms with Gasteiger partial charge in [0.05, 0.1) is 11.6 Å². The Labute approximate surface area is 135 Å². The maximum atomic E-state index is 14.0. The van der Waals surface area contributed by atoms with Gasteiger partial charge in [0.2, 0.25) is 0 Å². The molecule has 0 aliphatic carbocycles. The number of hydrogen-bond donors (Lipinski definition) is 0. The summed E-state index contributed by atoms with van der Waals surface area (Å²) in [5.41, 5.74) is 0.650. The predicted octanol–water partition coefficient (Wildman–Crippen LogP) is 4.63. The van der Waals surface area contributed by atoms with E-state index >= 15 is 0 Å². The number of halogens is 3. The van der Waals surface area contributed by atoms with Gasteiger partial charge in [-0.2, -0.15) is 0 Å². The van der Waals surface area contributed by atoms with Crippen molar-refractivity contribution < 1.29 is 23.0 Å². The van der Waals surface area contributed by atoms with E-state index in [9.17, 15) is 13.6 Å². The van der Waals surface area contributed by atoms with E-state index in [0.29, 0.717) is 16.5 Å². The molecule has 22 heavy (non-hydrogen) atoms. The van der Waals surface area contributed by atoms with Gasteiger partial charge in [-0.15, -0.1) is 0 Å². The molecule has 2 rings (SSSR count). The largest absolute Gasteiger partial charge is 0.469 e. The average Bonchev–Trinajstić information content (AvgIpc) is 2.51. The van der Waals surface area contributed by atoms with Gasteiger partial charge in [0.15, 0.2) is 11.6 Å². The van der Waals surface area contributed by atoms with Crippen LogP contribution < -0.4 is 4.74 Å². The molecule has 0 fully saturated rings. The highest BCUT2D eigenvalue weighted by atomic mass is 79.9. The Morgan fingerprint density at radius 3 is 2.55 bits per heavy atom. The van der Waals surface area contributed by atoms with E-state index in [-0.39, 0.29) is 23.9 Å². The fraction of sp³-hybridized carbons (Fsp3) is 0.188. The van der Waals surface area contributed by atoms with Crippen LogP contribution in [-0.2, 0) is 16.0 Å². The molecule has 0 atom stereocenters. The molecular formula is C16H13BrF2O3. The number of carbonyl (C=O) groups is 1. The first-order chi connectivity index (χ1) is 10.5. The number of esters is 1. The minimum atomic E-state index is -0.578. The number of aryl methyl sites for hydroxylation is 1. The Bertz CT molecular complexity index is 689. The highest BCUT2D eigenvalue weighted by Gasteiger charge is 2.09. The lowest BCUT2D eigenvalue weighted by Crippen LogP contribution is -2.02. The molecule has 0 bridgehead atoms. The maximum Gasteiger partial charge on any atom is 0.305 e. The fourth-order valence-corrected chi connectivity index (χ4v) is 2.05. The summed E-state index contributed by atoms with van der Waals surface area (Å²) >= 11 is 3.03. The second kappa shape index (κ2) is 7.35. The molecule has 0 aliphatic heterocycles. The van der Waals surface area contributed by atoms with E-state index < -0.39 is 11.6 Å². The van der Waals surface area contributed by atoms with Crippen LogP contribution >= 0.6 is 15.9 Å². The van der Waals surface area contributed by atoms with Crippen LogP contribution in [-0.4, -0.2) is 13.1 Å². The average molecular weight is 371 g/mol. The van der Waals surface area contributed by atoms with Crippen molar-refractivity contribution in [3.05, 3.63) is 58.1 Å². The van der Waals surface area contributed by atoms with E-state index in [4.69, 9.17) is 4.74 Å². The van der Waals surface area contributed by atoms with Crippen LogP contribution in [0.5, 0.6) is 11.5 Å². The molecule has 116 valence electrons. The highest BCUT2D eigenvalue weighted by Crippen LogP contribution is 2.28. The van der Waals surface area contributed by atoms with Crippen LogP contribution in [0.1, 0.15) is 12.0 Å². The molecule has 0 aromatic heterocycles. The van der Waals surface area contributed by atoms with Crippen LogP contribution in [0.4, 0.5) is 8.78 Å². The summed E-state index contributed by atoms with van der Waals surface area (Å²) in [6.45, 7) is 0. The summed E-state index contributed by atoms with van der Waals surface area (Å²) in [5, 5.41) is 0. The Morgan fingerprint density at radius 1 is 1.14 bits per heavy atom. The first-order valence-corrected chi connectivity index (χ1v) is 7.27. The van der Waals surface area contributed by atoms with Crippen molar-refractivity contribution in [1.29, 1.82) is 0 Å². The third-order valence-corrected chi connectivity index (χ3v) is 3.60. The van der Waals surface area contributed by atoms with Crippen LogP contribution in [0.2, 0.25) is 0 Å². The topological polar surface area (TPSA) is 35.5 Å². The lowest BCUT2D eigenvalue weighted by molar-refractivity contribution is -0.140. The molecule has 6 heteroatoms. The Hall–Kier alpha value is -1.95. The summed E-state index contributed by atoms with van der Waals surface area (Å²) < 4.78 is 37.5. The summed E-state index contributed by atoms with van der Waals surface area (Å²) in [6.07, 6.45) is 0.546. The van der Waals surface area contributed by atoms with Gasteiger partial charge in [-0.25, -0.2) is 8.78 Å². The fourth-order valence-electron chi connectivity index (χ4n) is 1.80. The molecular weight excluding hydrogens is 358 g/mol. The Kier molecular flexibility index (Phi) is 5.49. The van der Waals surface area contributed by atoms with Crippen molar-refractivity contribution in [3.8, 4) is 11.5 Å². The molecule has 3 nitrogen and oxygen atoms in total. The lowest BCUT2D eigenvalue weighted by Gasteiger charge is -2.09. The van der Waals surface area contributed by atoms with Crippen LogP contribution in [0.3, 0.4) is 0 Å². The molecule has 0 heterocycles. The normalized spacial score (nSPS) is 10.4. The number of carbonyl (C=O) groups excluding carboxylic acids is 1. The molecule has 0 saturated heterocycles. The van der Waals surface area contributed by atoms with Crippen LogP contribution in [0.15, 0.2) is 40.9 Å². The van der Waals surface area contributed by atoms with Crippen LogP contribution in [0, 0.1) is 11.6 Å². The van der Waals surface area contributed by atoms with Crippen molar-refractivity contribution in [2.45, 2.75) is 12.8 Å². The minimum absolute atomic E-state index is 0.0106. The van der Waals surface area contributed by atoms with Gasteiger partial charge in [-0.3, -0.25) is 4.79 Å². The molecule has 0 amide bonds. The van der Waals surface area contributed by atoms with Gasteiger partial charge in [0.1, 0.15) is 11.6 Å². The predicted molar refractivity (Wildman–Crippen MR) is 80.9 cm³/mol. The quantitative estimate of drug-likeness (QED) is 0.720. The van der Waals surface area contributed by atoms with E-state index in [1.165, 1.54) is 31.4 Å². The lowest BCUT2D eigenvalue weighted by atomic mass is 10.1. The Balaban J connectivity index is 2.09. The number of benzene rings is 2. The number of hydrogen-bond acceptors (Lipinski definition) is 3. The summed E-state index contributed by atoms with van der Waals surface area (Å²) in [6, 6.07) is 8.55. The molecule has 2 aromatic carbocycles. The first kappa shape index (κ1) is 16.4. The zero-order valence-corrected chi connectivity index (χ0v) is 13.3. The van der Waals surface area contributed by atoms with Gasteiger partial charge in [-0.05, 0) is 52.2 Å². The third kappa shape index (κ3) is 4.27. The minimum Gasteiger partial charge on any atom is -0.469 e. The zero-order chi connectivity index (χ0) is 16.1. The standard InChI is InChI=1S/C16H13BrF2O3/c1-21-16(20)7-3-10-2-6-15(14(19)8-10)22-11-4-5-12(17)13(18)9-11/h2,4-6,8-9H,3,7H2,1H3. The van der Waals surface area contributed by atoms with Gasteiger partial charge in [0, 0.05) is 12.5 Å². The summed E-state index contributed by atoms with van der Waals surface area (Å²) in [4.78, 5) is 11.1. The monoisotopic (exact) mass is 370 g/mol. The van der Waals surface area contributed by atoms with Gasteiger partial charge >= 0.3 is 5.97 Å².